The molecule has 0 aromatic heterocycles. The Morgan fingerprint density at radius 1 is 0.750 bits per heavy atom. The highest BCUT2D eigenvalue weighted by Gasteiger charge is 2.16. The second kappa shape index (κ2) is 6.04. The van der Waals surface area contributed by atoms with E-state index in [4.69, 9.17) is 0 Å². The van der Waals surface area contributed by atoms with Crippen molar-refractivity contribution in [3.05, 3.63) is 71.3 Å². The monoisotopic (exact) mass is 264 g/mol. The molecule has 0 amide bonds. The van der Waals surface area contributed by atoms with Gasteiger partial charge >= 0.3 is 0 Å². The maximum absolute atomic E-state index is 12.3. The van der Waals surface area contributed by atoms with Gasteiger partial charge in [0.2, 0.25) is 0 Å². The molecular formula is C19H20O. The topological polar surface area (TPSA) is 17.1 Å². The van der Waals surface area contributed by atoms with Crippen LogP contribution in [0.3, 0.4) is 0 Å². The summed E-state index contributed by atoms with van der Waals surface area (Å²) in [6, 6.07) is 17.8. The summed E-state index contributed by atoms with van der Waals surface area (Å²) in [4.78, 5) is 12.3. The van der Waals surface area contributed by atoms with Gasteiger partial charge in [0.15, 0.2) is 5.78 Å². The SMILES string of the molecule is O=C(c1ccccc1)c1ccc(C2CCCCC2)cc1. The van der Waals surface area contributed by atoms with Crippen molar-refractivity contribution in [1.29, 1.82) is 0 Å². The molecule has 0 saturated heterocycles. The Bertz CT molecular complexity index is 562. The molecule has 1 aliphatic carbocycles. The van der Waals surface area contributed by atoms with Crippen molar-refractivity contribution in [3.8, 4) is 0 Å². The second-order valence-electron chi connectivity index (χ2n) is 5.65. The van der Waals surface area contributed by atoms with Crippen molar-refractivity contribution in [1.82, 2.24) is 0 Å². The normalized spacial score (nSPS) is 16.0. The van der Waals surface area contributed by atoms with E-state index in [0.29, 0.717) is 5.92 Å². The Morgan fingerprint density at radius 3 is 2.00 bits per heavy atom. The average molecular weight is 264 g/mol. The number of benzene rings is 2. The molecule has 20 heavy (non-hydrogen) atoms. The maximum atomic E-state index is 12.3. The molecule has 2 aromatic rings. The minimum Gasteiger partial charge on any atom is -0.289 e. The predicted molar refractivity (Wildman–Crippen MR) is 82.1 cm³/mol. The van der Waals surface area contributed by atoms with Gasteiger partial charge < -0.3 is 0 Å². The van der Waals surface area contributed by atoms with Crippen LogP contribution in [0.2, 0.25) is 0 Å². The summed E-state index contributed by atoms with van der Waals surface area (Å²) < 4.78 is 0. The molecule has 102 valence electrons. The fourth-order valence-electron chi connectivity index (χ4n) is 3.10. The van der Waals surface area contributed by atoms with E-state index in [2.05, 4.69) is 12.1 Å². The highest BCUT2D eigenvalue weighted by atomic mass is 16.1. The van der Waals surface area contributed by atoms with E-state index >= 15 is 0 Å². The van der Waals surface area contributed by atoms with Crippen molar-refractivity contribution < 1.29 is 4.79 Å². The molecule has 1 heteroatoms. The van der Waals surface area contributed by atoms with Crippen LogP contribution >= 0.6 is 0 Å². The highest BCUT2D eigenvalue weighted by molar-refractivity contribution is 6.08. The number of carbonyl (C=O) groups excluding carboxylic acids is 1. The van der Waals surface area contributed by atoms with E-state index in [1.54, 1.807) is 0 Å². The number of carbonyl (C=O) groups is 1. The van der Waals surface area contributed by atoms with Crippen molar-refractivity contribution in [2.75, 3.05) is 0 Å². The number of hydrogen-bond donors (Lipinski definition) is 0. The third-order valence-electron chi connectivity index (χ3n) is 4.29. The van der Waals surface area contributed by atoms with Crippen LogP contribution in [0.5, 0.6) is 0 Å². The summed E-state index contributed by atoms with van der Waals surface area (Å²) in [5.74, 6) is 0.811. The first-order valence-corrected chi connectivity index (χ1v) is 7.54. The third kappa shape index (κ3) is 2.82. The molecule has 0 atom stereocenters. The van der Waals surface area contributed by atoms with Crippen molar-refractivity contribution in [2.24, 2.45) is 0 Å². The van der Waals surface area contributed by atoms with Gasteiger partial charge in [-0.1, -0.05) is 73.9 Å². The molecule has 1 aliphatic rings. The van der Waals surface area contributed by atoms with E-state index < -0.39 is 0 Å². The zero-order chi connectivity index (χ0) is 13.8. The van der Waals surface area contributed by atoms with Crippen LogP contribution in [-0.2, 0) is 0 Å². The van der Waals surface area contributed by atoms with Gasteiger partial charge in [0, 0.05) is 11.1 Å². The summed E-state index contributed by atoms with van der Waals surface area (Å²) in [6.07, 6.45) is 6.66. The molecular weight excluding hydrogens is 244 g/mol. The van der Waals surface area contributed by atoms with Crippen LogP contribution in [0, 0.1) is 0 Å². The van der Waals surface area contributed by atoms with E-state index in [1.165, 1.54) is 37.7 Å². The van der Waals surface area contributed by atoms with Crippen molar-refractivity contribution in [3.63, 3.8) is 0 Å². The van der Waals surface area contributed by atoms with Crippen LogP contribution in [0.4, 0.5) is 0 Å². The van der Waals surface area contributed by atoms with Gasteiger partial charge in [0.25, 0.3) is 0 Å². The minimum absolute atomic E-state index is 0.112. The number of rotatable bonds is 3. The van der Waals surface area contributed by atoms with E-state index in [0.717, 1.165) is 11.1 Å². The maximum Gasteiger partial charge on any atom is 0.193 e. The average Bonchev–Trinajstić information content (AvgIpc) is 2.56. The van der Waals surface area contributed by atoms with E-state index in [9.17, 15) is 4.79 Å². The van der Waals surface area contributed by atoms with Gasteiger partial charge in [-0.15, -0.1) is 0 Å². The Labute approximate surface area is 120 Å². The first-order valence-electron chi connectivity index (χ1n) is 7.54. The molecule has 0 radical (unpaired) electrons. The van der Waals surface area contributed by atoms with Gasteiger partial charge in [-0.2, -0.15) is 0 Å². The summed E-state index contributed by atoms with van der Waals surface area (Å²) in [7, 11) is 0. The largest absolute Gasteiger partial charge is 0.289 e. The zero-order valence-electron chi connectivity index (χ0n) is 11.7. The first-order chi connectivity index (χ1) is 9.84. The van der Waals surface area contributed by atoms with Crippen LogP contribution in [0.15, 0.2) is 54.6 Å². The Hall–Kier alpha value is -1.89. The van der Waals surface area contributed by atoms with Gasteiger partial charge in [-0.25, -0.2) is 0 Å². The Balaban J connectivity index is 1.77. The fourth-order valence-corrected chi connectivity index (χ4v) is 3.10. The van der Waals surface area contributed by atoms with Gasteiger partial charge in [-0.05, 0) is 24.3 Å². The molecule has 2 aromatic carbocycles. The predicted octanol–water partition coefficient (Wildman–Crippen LogP) is 4.97. The van der Waals surface area contributed by atoms with Crippen molar-refractivity contribution >= 4 is 5.78 Å². The number of ketones is 1. The lowest BCUT2D eigenvalue weighted by Crippen LogP contribution is -2.05. The highest BCUT2D eigenvalue weighted by Crippen LogP contribution is 2.32. The third-order valence-corrected chi connectivity index (χ3v) is 4.29. The lowest BCUT2D eigenvalue weighted by atomic mass is 9.84. The molecule has 0 heterocycles. The minimum atomic E-state index is 0.112. The molecule has 0 N–H and O–H groups in total. The van der Waals surface area contributed by atoms with Crippen LogP contribution < -0.4 is 0 Å². The first kappa shape index (κ1) is 13.1. The summed E-state index contributed by atoms with van der Waals surface area (Å²) in [5, 5.41) is 0. The zero-order valence-corrected chi connectivity index (χ0v) is 11.7. The fraction of sp³-hybridized carbons (Fsp3) is 0.316. The molecule has 0 bridgehead atoms. The second-order valence-corrected chi connectivity index (χ2v) is 5.65. The van der Waals surface area contributed by atoms with Crippen molar-refractivity contribution in [2.45, 2.75) is 38.0 Å². The van der Waals surface area contributed by atoms with Crippen LogP contribution in [-0.4, -0.2) is 5.78 Å². The van der Waals surface area contributed by atoms with Gasteiger partial charge in [0.05, 0.1) is 0 Å². The quantitative estimate of drug-likeness (QED) is 0.716. The Kier molecular flexibility index (Phi) is 3.96. The van der Waals surface area contributed by atoms with Gasteiger partial charge in [-0.3, -0.25) is 4.79 Å². The molecule has 1 saturated carbocycles. The smallest absolute Gasteiger partial charge is 0.193 e. The summed E-state index contributed by atoms with van der Waals surface area (Å²) in [6.45, 7) is 0. The van der Waals surface area contributed by atoms with Gasteiger partial charge in [0.1, 0.15) is 0 Å². The van der Waals surface area contributed by atoms with E-state index in [-0.39, 0.29) is 5.78 Å². The molecule has 1 nitrogen and oxygen atoms in total. The molecule has 0 spiro atoms. The lowest BCUT2D eigenvalue weighted by molar-refractivity contribution is 0.103. The van der Waals surface area contributed by atoms with Crippen LogP contribution in [0.1, 0.15) is 59.5 Å². The number of hydrogen-bond acceptors (Lipinski definition) is 1. The molecule has 3 rings (SSSR count). The molecule has 1 fully saturated rings. The Morgan fingerprint density at radius 2 is 1.35 bits per heavy atom. The lowest BCUT2D eigenvalue weighted by Gasteiger charge is -2.22. The standard InChI is InChI=1S/C19H20O/c20-19(17-9-5-2-6-10-17)18-13-11-16(12-14-18)15-7-3-1-4-8-15/h2,5-6,9-15H,1,3-4,7-8H2. The molecule has 0 unspecified atom stereocenters. The van der Waals surface area contributed by atoms with E-state index in [1.807, 2.05) is 42.5 Å². The summed E-state index contributed by atoms with van der Waals surface area (Å²) in [5.41, 5.74) is 2.95. The van der Waals surface area contributed by atoms with Crippen LogP contribution in [0.25, 0.3) is 0 Å². The summed E-state index contributed by atoms with van der Waals surface area (Å²) >= 11 is 0. The molecule has 0 aliphatic heterocycles.